The van der Waals surface area contributed by atoms with Crippen molar-refractivity contribution in [1.29, 1.82) is 0 Å². The number of amides is 1. The van der Waals surface area contributed by atoms with Crippen LogP contribution in [-0.4, -0.2) is 22.3 Å². The van der Waals surface area contributed by atoms with Gasteiger partial charge in [0.1, 0.15) is 11.4 Å². The van der Waals surface area contributed by atoms with Gasteiger partial charge in [0.25, 0.3) is 5.91 Å². The molecule has 1 amide bonds. The van der Waals surface area contributed by atoms with Crippen molar-refractivity contribution in [3.05, 3.63) is 41.7 Å². The average Bonchev–Trinajstić information content (AvgIpc) is 2.78. The average molecular weight is 272 g/mol. The van der Waals surface area contributed by atoms with Crippen molar-refractivity contribution in [2.24, 2.45) is 7.05 Å². The lowest BCUT2D eigenvalue weighted by Gasteiger charge is -2.26. The summed E-state index contributed by atoms with van der Waals surface area (Å²) < 4.78 is 7.06. The van der Waals surface area contributed by atoms with Crippen LogP contribution in [0.2, 0.25) is 0 Å². The molecule has 104 valence electrons. The zero-order valence-electron chi connectivity index (χ0n) is 11.2. The minimum Gasteiger partial charge on any atom is -0.493 e. The van der Waals surface area contributed by atoms with E-state index in [-0.39, 0.29) is 11.9 Å². The first kappa shape index (κ1) is 12.5. The Morgan fingerprint density at radius 3 is 3.05 bits per heavy atom. The highest BCUT2D eigenvalue weighted by Crippen LogP contribution is 2.31. The second-order valence-corrected chi connectivity index (χ2v) is 4.77. The number of aryl methyl sites for hydroxylation is 1. The Morgan fingerprint density at radius 2 is 2.30 bits per heavy atom. The van der Waals surface area contributed by atoms with E-state index in [1.807, 2.05) is 24.3 Å². The molecule has 2 aromatic rings. The molecule has 1 atom stereocenters. The maximum atomic E-state index is 12.3. The first-order valence-corrected chi connectivity index (χ1v) is 6.47. The Labute approximate surface area is 116 Å². The van der Waals surface area contributed by atoms with Gasteiger partial charge in [0.05, 0.1) is 24.5 Å². The van der Waals surface area contributed by atoms with E-state index in [0.717, 1.165) is 17.7 Å². The Morgan fingerprint density at radius 1 is 1.50 bits per heavy atom. The number of nitrogens with zero attached hydrogens (tertiary/aromatic N) is 2. The second kappa shape index (κ2) is 4.88. The van der Waals surface area contributed by atoms with Crippen LogP contribution in [-0.2, 0) is 7.05 Å². The molecule has 1 aromatic heterocycles. The van der Waals surface area contributed by atoms with Gasteiger partial charge in [-0.1, -0.05) is 18.2 Å². The fourth-order valence-corrected chi connectivity index (χ4v) is 2.45. The van der Waals surface area contributed by atoms with E-state index in [9.17, 15) is 4.79 Å². The zero-order valence-corrected chi connectivity index (χ0v) is 11.2. The van der Waals surface area contributed by atoms with Crippen molar-refractivity contribution in [2.75, 3.05) is 12.3 Å². The molecule has 20 heavy (non-hydrogen) atoms. The number of para-hydroxylation sites is 1. The van der Waals surface area contributed by atoms with Crippen LogP contribution in [0, 0.1) is 0 Å². The maximum Gasteiger partial charge on any atom is 0.272 e. The highest BCUT2D eigenvalue weighted by atomic mass is 16.5. The molecule has 0 spiro atoms. The van der Waals surface area contributed by atoms with Crippen molar-refractivity contribution < 1.29 is 9.53 Å². The molecule has 0 fully saturated rings. The van der Waals surface area contributed by atoms with Gasteiger partial charge in [-0.15, -0.1) is 0 Å². The summed E-state index contributed by atoms with van der Waals surface area (Å²) in [5.74, 6) is 0.603. The number of hydrogen-bond donors (Lipinski definition) is 2. The molecule has 1 aromatic carbocycles. The number of nitrogens with one attached hydrogen (secondary N) is 1. The quantitative estimate of drug-likeness (QED) is 0.862. The molecule has 6 heteroatoms. The van der Waals surface area contributed by atoms with E-state index in [1.165, 1.54) is 10.9 Å². The summed E-state index contributed by atoms with van der Waals surface area (Å²) in [5.41, 5.74) is 7.53. The first-order valence-electron chi connectivity index (χ1n) is 6.47. The van der Waals surface area contributed by atoms with E-state index in [0.29, 0.717) is 18.0 Å². The summed E-state index contributed by atoms with van der Waals surface area (Å²) in [5, 5.41) is 6.98. The van der Waals surface area contributed by atoms with Crippen molar-refractivity contribution in [3.8, 4) is 5.75 Å². The molecule has 0 bridgehead atoms. The monoisotopic (exact) mass is 272 g/mol. The number of carbonyl (C=O) groups excluding carboxylic acids is 1. The number of nitrogens with two attached hydrogens (primary N) is 1. The molecule has 6 nitrogen and oxygen atoms in total. The number of carbonyl (C=O) groups is 1. The highest BCUT2D eigenvalue weighted by molar-refractivity contribution is 5.97. The van der Waals surface area contributed by atoms with Crippen molar-refractivity contribution in [2.45, 2.75) is 12.5 Å². The van der Waals surface area contributed by atoms with Gasteiger partial charge in [-0.25, -0.2) is 0 Å². The standard InChI is InChI=1S/C14H16N4O2/c1-18-13(10(15)8-16-18)14(19)17-11-6-7-20-12-5-3-2-4-9(11)12/h2-5,8,11H,6-7,15H2,1H3,(H,17,19). The van der Waals surface area contributed by atoms with Crippen molar-refractivity contribution >= 4 is 11.6 Å². The van der Waals surface area contributed by atoms with E-state index >= 15 is 0 Å². The predicted molar refractivity (Wildman–Crippen MR) is 74.4 cm³/mol. The lowest BCUT2D eigenvalue weighted by atomic mass is 10.0. The summed E-state index contributed by atoms with van der Waals surface area (Å²) in [6.45, 7) is 0.586. The number of fused-ring (bicyclic) bond motifs is 1. The molecule has 3 rings (SSSR count). The van der Waals surface area contributed by atoms with Crippen LogP contribution in [0.4, 0.5) is 5.69 Å². The fraction of sp³-hybridized carbons (Fsp3) is 0.286. The minimum absolute atomic E-state index is 0.0678. The third kappa shape index (κ3) is 2.09. The maximum absolute atomic E-state index is 12.3. The summed E-state index contributed by atoms with van der Waals surface area (Å²) in [6, 6.07) is 7.66. The van der Waals surface area contributed by atoms with Gasteiger partial charge >= 0.3 is 0 Å². The third-order valence-electron chi connectivity index (χ3n) is 3.45. The SMILES string of the molecule is Cn1ncc(N)c1C(=O)NC1CCOc2ccccc21. The smallest absolute Gasteiger partial charge is 0.272 e. The zero-order chi connectivity index (χ0) is 14.1. The third-order valence-corrected chi connectivity index (χ3v) is 3.45. The van der Waals surface area contributed by atoms with E-state index in [1.54, 1.807) is 7.05 Å². The molecule has 3 N–H and O–H groups in total. The summed E-state index contributed by atoms with van der Waals surface area (Å²) in [7, 11) is 1.70. The normalized spacial score (nSPS) is 17.1. The molecule has 1 unspecified atom stereocenters. The molecular weight excluding hydrogens is 256 g/mol. The first-order chi connectivity index (χ1) is 9.66. The second-order valence-electron chi connectivity index (χ2n) is 4.77. The number of rotatable bonds is 2. The predicted octanol–water partition coefficient (Wildman–Crippen LogP) is 1.26. The number of hydrogen-bond acceptors (Lipinski definition) is 4. The van der Waals surface area contributed by atoms with Crippen LogP contribution in [0.5, 0.6) is 5.75 Å². The topological polar surface area (TPSA) is 82.2 Å². The summed E-state index contributed by atoms with van der Waals surface area (Å²) >= 11 is 0. The lowest BCUT2D eigenvalue weighted by molar-refractivity contribution is 0.0916. The molecule has 0 radical (unpaired) electrons. The van der Waals surface area contributed by atoms with Crippen LogP contribution in [0.1, 0.15) is 28.5 Å². The van der Waals surface area contributed by atoms with Crippen LogP contribution < -0.4 is 15.8 Å². The lowest BCUT2D eigenvalue weighted by Crippen LogP contribution is -2.33. The van der Waals surface area contributed by atoms with Gasteiger partial charge in [0.2, 0.25) is 0 Å². The van der Waals surface area contributed by atoms with Crippen LogP contribution in [0.3, 0.4) is 0 Å². The Balaban J connectivity index is 1.84. The van der Waals surface area contributed by atoms with Crippen LogP contribution in [0.15, 0.2) is 30.5 Å². The van der Waals surface area contributed by atoms with Gasteiger partial charge in [-0.05, 0) is 6.07 Å². The summed E-state index contributed by atoms with van der Waals surface area (Å²) in [4.78, 5) is 12.3. The number of anilines is 1. The van der Waals surface area contributed by atoms with E-state index in [4.69, 9.17) is 10.5 Å². The number of nitrogen functional groups attached to an aromatic ring is 1. The van der Waals surface area contributed by atoms with Crippen molar-refractivity contribution in [3.63, 3.8) is 0 Å². The Hall–Kier alpha value is -2.50. The highest BCUT2D eigenvalue weighted by Gasteiger charge is 2.25. The van der Waals surface area contributed by atoms with Gasteiger partial charge in [0, 0.05) is 19.0 Å². The minimum atomic E-state index is -0.218. The number of ether oxygens (including phenoxy) is 1. The molecule has 0 saturated heterocycles. The molecule has 0 saturated carbocycles. The van der Waals surface area contributed by atoms with E-state index in [2.05, 4.69) is 10.4 Å². The Bertz CT molecular complexity index is 631. The number of benzene rings is 1. The largest absolute Gasteiger partial charge is 0.493 e. The van der Waals surface area contributed by atoms with Gasteiger partial charge in [-0.2, -0.15) is 5.10 Å². The van der Waals surface area contributed by atoms with Gasteiger partial charge < -0.3 is 15.8 Å². The molecule has 0 aliphatic carbocycles. The van der Waals surface area contributed by atoms with E-state index < -0.39 is 0 Å². The molecule has 1 aliphatic rings. The molecule has 2 heterocycles. The van der Waals surface area contributed by atoms with Gasteiger partial charge in [-0.3, -0.25) is 9.48 Å². The Kier molecular flexibility index (Phi) is 3.06. The fourth-order valence-electron chi connectivity index (χ4n) is 2.45. The molecule has 1 aliphatic heterocycles. The molecular formula is C14H16N4O2. The van der Waals surface area contributed by atoms with Crippen LogP contribution in [0.25, 0.3) is 0 Å². The van der Waals surface area contributed by atoms with Gasteiger partial charge in [0.15, 0.2) is 0 Å². The van der Waals surface area contributed by atoms with Crippen LogP contribution >= 0.6 is 0 Å². The van der Waals surface area contributed by atoms with Crippen molar-refractivity contribution in [1.82, 2.24) is 15.1 Å². The number of aromatic nitrogens is 2. The summed E-state index contributed by atoms with van der Waals surface area (Å²) in [6.07, 6.45) is 2.22.